The molecule has 2 rings (SSSR count). The number of likely N-dealkylation sites (N-methyl/N-ethyl adjacent to an activating group) is 1. The Morgan fingerprint density at radius 3 is 3.16 bits per heavy atom. The van der Waals surface area contributed by atoms with Crippen molar-refractivity contribution >= 4 is 33.3 Å². The lowest BCUT2D eigenvalue weighted by Gasteiger charge is -2.17. The van der Waals surface area contributed by atoms with Crippen molar-refractivity contribution in [1.82, 2.24) is 15.3 Å². The molecule has 19 heavy (non-hydrogen) atoms. The van der Waals surface area contributed by atoms with E-state index in [1.54, 1.807) is 18.4 Å². The number of carbonyl (C=O) groups is 1. The molecule has 2 heterocycles. The van der Waals surface area contributed by atoms with Crippen molar-refractivity contribution in [1.29, 1.82) is 0 Å². The van der Waals surface area contributed by atoms with Gasteiger partial charge in [0.15, 0.2) is 0 Å². The molecule has 0 spiro atoms. The maximum atomic E-state index is 11.7. The van der Waals surface area contributed by atoms with E-state index in [1.165, 1.54) is 6.33 Å². The number of rotatable bonds is 6. The zero-order valence-electron chi connectivity index (χ0n) is 10.9. The summed E-state index contributed by atoms with van der Waals surface area (Å²) >= 11 is 1.57. The van der Waals surface area contributed by atoms with Crippen LogP contribution >= 0.6 is 11.3 Å². The number of ether oxygens (including phenoxy) is 1. The van der Waals surface area contributed by atoms with Gasteiger partial charge >= 0.3 is 0 Å². The Bertz CT molecular complexity index is 557. The van der Waals surface area contributed by atoms with E-state index in [1.807, 2.05) is 23.4 Å². The van der Waals surface area contributed by atoms with Crippen LogP contribution in [-0.2, 0) is 9.53 Å². The van der Waals surface area contributed by atoms with Gasteiger partial charge in [-0.05, 0) is 11.4 Å². The Hall–Kier alpha value is -1.73. The maximum absolute atomic E-state index is 11.7. The molecule has 102 valence electrons. The molecule has 0 radical (unpaired) electrons. The number of nitrogens with one attached hydrogen (secondary N) is 1. The number of nitrogens with zero attached hydrogens (tertiary/aromatic N) is 3. The van der Waals surface area contributed by atoms with Gasteiger partial charge in [-0.15, -0.1) is 11.3 Å². The summed E-state index contributed by atoms with van der Waals surface area (Å²) in [4.78, 5) is 22.0. The molecule has 1 amide bonds. The standard InChI is InChI=1S/C12H16N4O2S/c1-16(7-10(17)13-4-5-18-2)12-11-9(3-6-19-11)14-8-15-12/h3,6,8H,4-5,7H2,1-2H3,(H,13,17). The maximum Gasteiger partial charge on any atom is 0.239 e. The first-order valence-corrected chi connectivity index (χ1v) is 6.75. The molecule has 2 aromatic rings. The highest BCUT2D eigenvalue weighted by Gasteiger charge is 2.12. The van der Waals surface area contributed by atoms with Crippen molar-refractivity contribution in [3.63, 3.8) is 0 Å². The molecule has 0 unspecified atom stereocenters. The first-order chi connectivity index (χ1) is 9.22. The van der Waals surface area contributed by atoms with E-state index < -0.39 is 0 Å². The lowest BCUT2D eigenvalue weighted by atomic mass is 10.4. The van der Waals surface area contributed by atoms with Crippen LogP contribution in [0, 0.1) is 0 Å². The van der Waals surface area contributed by atoms with Gasteiger partial charge in [-0.25, -0.2) is 9.97 Å². The van der Waals surface area contributed by atoms with E-state index in [9.17, 15) is 4.79 Å². The van der Waals surface area contributed by atoms with Gasteiger partial charge in [-0.3, -0.25) is 4.79 Å². The molecule has 0 aliphatic heterocycles. The second-order valence-corrected chi connectivity index (χ2v) is 4.95. The second kappa shape index (κ2) is 6.44. The van der Waals surface area contributed by atoms with Crippen molar-refractivity contribution < 1.29 is 9.53 Å². The SMILES string of the molecule is COCCNC(=O)CN(C)c1ncnc2ccsc12. The molecular formula is C12H16N4O2S. The second-order valence-electron chi connectivity index (χ2n) is 4.03. The number of fused-ring (bicyclic) bond motifs is 1. The monoisotopic (exact) mass is 280 g/mol. The summed E-state index contributed by atoms with van der Waals surface area (Å²) < 4.78 is 5.88. The van der Waals surface area contributed by atoms with E-state index >= 15 is 0 Å². The van der Waals surface area contributed by atoms with Crippen LogP contribution in [0.2, 0.25) is 0 Å². The highest BCUT2D eigenvalue weighted by Crippen LogP contribution is 2.26. The van der Waals surface area contributed by atoms with Crippen LogP contribution in [0.15, 0.2) is 17.8 Å². The molecule has 0 bridgehead atoms. The third kappa shape index (κ3) is 3.39. The van der Waals surface area contributed by atoms with Crippen molar-refractivity contribution in [3.05, 3.63) is 17.8 Å². The molecule has 0 saturated heterocycles. The predicted octanol–water partition coefficient (Wildman–Crippen LogP) is 0.890. The minimum Gasteiger partial charge on any atom is -0.383 e. The molecule has 1 N–H and O–H groups in total. The fourth-order valence-electron chi connectivity index (χ4n) is 1.69. The van der Waals surface area contributed by atoms with Crippen LogP contribution < -0.4 is 10.2 Å². The first kappa shape index (κ1) is 13.7. The molecule has 0 aliphatic rings. The van der Waals surface area contributed by atoms with Gasteiger partial charge in [-0.1, -0.05) is 0 Å². The van der Waals surface area contributed by atoms with Gasteiger partial charge in [0, 0.05) is 20.7 Å². The van der Waals surface area contributed by atoms with Crippen LogP contribution in [0.5, 0.6) is 0 Å². The molecule has 0 fully saturated rings. The number of thiophene rings is 1. The van der Waals surface area contributed by atoms with Gasteiger partial charge in [0.05, 0.1) is 23.4 Å². The van der Waals surface area contributed by atoms with E-state index in [0.29, 0.717) is 13.2 Å². The summed E-state index contributed by atoms with van der Waals surface area (Å²) in [5.74, 6) is 0.727. The summed E-state index contributed by atoms with van der Waals surface area (Å²) in [6.45, 7) is 1.28. The zero-order valence-corrected chi connectivity index (χ0v) is 11.7. The molecule has 0 atom stereocenters. The molecule has 0 saturated carbocycles. The summed E-state index contributed by atoms with van der Waals surface area (Å²) in [5.41, 5.74) is 0.904. The summed E-state index contributed by atoms with van der Waals surface area (Å²) in [5, 5.41) is 4.75. The third-order valence-corrected chi connectivity index (χ3v) is 3.49. The minimum absolute atomic E-state index is 0.0529. The Morgan fingerprint density at radius 2 is 2.37 bits per heavy atom. The van der Waals surface area contributed by atoms with E-state index in [2.05, 4.69) is 15.3 Å². The molecule has 0 aromatic carbocycles. The highest BCUT2D eigenvalue weighted by atomic mass is 32.1. The lowest BCUT2D eigenvalue weighted by molar-refractivity contribution is -0.119. The van der Waals surface area contributed by atoms with Crippen LogP contribution in [-0.4, -0.2) is 49.7 Å². The van der Waals surface area contributed by atoms with Crippen LogP contribution in [0.3, 0.4) is 0 Å². The van der Waals surface area contributed by atoms with Gasteiger partial charge in [0.2, 0.25) is 5.91 Å². The van der Waals surface area contributed by atoms with E-state index in [-0.39, 0.29) is 12.5 Å². The average Bonchev–Trinajstić information content (AvgIpc) is 2.86. The number of amides is 1. The number of hydrogen-bond acceptors (Lipinski definition) is 6. The van der Waals surface area contributed by atoms with Crippen molar-refractivity contribution in [2.45, 2.75) is 0 Å². The Labute approximate surface area is 115 Å². The molecule has 0 aliphatic carbocycles. The highest BCUT2D eigenvalue weighted by molar-refractivity contribution is 7.17. The Morgan fingerprint density at radius 1 is 1.53 bits per heavy atom. The molecule has 7 heteroatoms. The fraction of sp³-hybridized carbons (Fsp3) is 0.417. The van der Waals surface area contributed by atoms with Crippen molar-refractivity contribution in [3.8, 4) is 0 Å². The van der Waals surface area contributed by atoms with Gasteiger partial charge in [0.25, 0.3) is 0 Å². The lowest BCUT2D eigenvalue weighted by Crippen LogP contribution is -2.37. The molecule has 6 nitrogen and oxygen atoms in total. The molecular weight excluding hydrogens is 264 g/mol. The first-order valence-electron chi connectivity index (χ1n) is 5.87. The third-order valence-electron chi connectivity index (χ3n) is 2.60. The topological polar surface area (TPSA) is 67.3 Å². The van der Waals surface area contributed by atoms with Crippen molar-refractivity contribution in [2.24, 2.45) is 0 Å². The van der Waals surface area contributed by atoms with Gasteiger partial charge in [-0.2, -0.15) is 0 Å². The van der Waals surface area contributed by atoms with E-state index in [4.69, 9.17) is 4.74 Å². The number of hydrogen-bond donors (Lipinski definition) is 1. The number of aromatic nitrogens is 2. The number of carbonyl (C=O) groups excluding carboxylic acids is 1. The van der Waals surface area contributed by atoms with Gasteiger partial charge < -0.3 is 15.0 Å². The van der Waals surface area contributed by atoms with Crippen LogP contribution in [0.25, 0.3) is 10.2 Å². The summed E-state index contributed by atoms with van der Waals surface area (Å²) in [6, 6.07) is 1.94. The smallest absolute Gasteiger partial charge is 0.239 e. The number of methoxy groups -OCH3 is 1. The minimum atomic E-state index is -0.0529. The Balaban J connectivity index is 2.01. The Kier molecular flexibility index (Phi) is 4.64. The average molecular weight is 280 g/mol. The molecule has 2 aromatic heterocycles. The normalized spacial score (nSPS) is 10.6. The van der Waals surface area contributed by atoms with E-state index in [0.717, 1.165) is 16.0 Å². The quantitative estimate of drug-likeness (QED) is 0.796. The van der Waals surface area contributed by atoms with Crippen LogP contribution in [0.4, 0.5) is 5.82 Å². The predicted molar refractivity (Wildman–Crippen MR) is 75.6 cm³/mol. The largest absolute Gasteiger partial charge is 0.383 e. The summed E-state index contributed by atoms with van der Waals surface area (Å²) in [6.07, 6.45) is 1.52. The van der Waals surface area contributed by atoms with Gasteiger partial charge in [0.1, 0.15) is 12.1 Å². The van der Waals surface area contributed by atoms with Crippen molar-refractivity contribution in [2.75, 3.05) is 38.8 Å². The summed E-state index contributed by atoms with van der Waals surface area (Å²) in [7, 11) is 3.45. The number of anilines is 1. The fourth-order valence-corrected chi connectivity index (χ4v) is 2.57. The zero-order chi connectivity index (χ0) is 13.7. The van der Waals surface area contributed by atoms with Crippen LogP contribution in [0.1, 0.15) is 0 Å².